The van der Waals surface area contributed by atoms with Crippen molar-refractivity contribution in [3.8, 4) is 11.5 Å². The lowest BCUT2D eigenvalue weighted by atomic mass is 10.00. The van der Waals surface area contributed by atoms with Crippen LogP contribution in [0, 0.1) is 5.92 Å². The lowest BCUT2D eigenvalue weighted by molar-refractivity contribution is -0.123. The van der Waals surface area contributed by atoms with Crippen molar-refractivity contribution in [2.45, 2.75) is 33.2 Å². The number of benzene rings is 1. The second-order valence-electron chi connectivity index (χ2n) is 6.57. The Morgan fingerprint density at radius 1 is 1.33 bits per heavy atom. The molecule has 1 amide bonds. The molecule has 7 nitrogen and oxygen atoms in total. The summed E-state index contributed by atoms with van der Waals surface area (Å²) in [7, 11) is 1.57. The minimum Gasteiger partial charge on any atom is -0.493 e. The fraction of sp³-hybridized carbons (Fsp3) is 0.579. The summed E-state index contributed by atoms with van der Waals surface area (Å²) in [4.78, 5) is 18.2. The molecule has 0 bridgehead atoms. The van der Waals surface area contributed by atoms with Crippen LogP contribution in [-0.2, 0) is 11.3 Å². The first kappa shape index (κ1) is 23.3. The van der Waals surface area contributed by atoms with Gasteiger partial charge in [0.2, 0.25) is 0 Å². The van der Waals surface area contributed by atoms with Gasteiger partial charge in [0.05, 0.1) is 13.7 Å². The summed E-state index contributed by atoms with van der Waals surface area (Å²) in [6.07, 6.45) is 2.31. The predicted octanol–water partition coefficient (Wildman–Crippen LogP) is 2.37. The lowest BCUT2D eigenvalue weighted by Gasteiger charge is -2.31. The molecule has 2 rings (SSSR count). The average molecular weight is 490 g/mol. The third-order valence-electron chi connectivity index (χ3n) is 4.49. The summed E-state index contributed by atoms with van der Waals surface area (Å²) >= 11 is 0. The second kappa shape index (κ2) is 11.9. The van der Waals surface area contributed by atoms with Gasteiger partial charge in [0.25, 0.3) is 5.91 Å². The van der Waals surface area contributed by atoms with Gasteiger partial charge < -0.3 is 25.4 Å². The van der Waals surface area contributed by atoms with Crippen molar-refractivity contribution in [2.75, 3.05) is 33.4 Å². The molecule has 1 aromatic rings. The molecular formula is C19H31IN4O3. The Hall–Kier alpha value is -1.71. The quantitative estimate of drug-likeness (QED) is 0.348. The van der Waals surface area contributed by atoms with E-state index in [4.69, 9.17) is 15.2 Å². The maximum absolute atomic E-state index is 11.5. The van der Waals surface area contributed by atoms with Crippen LogP contribution in [-0.4, -0.2) is 50.1 Å². The number of nitrogens with two attached hydrogens (primary N) is 1. The highest BCUT2D eigenvalue weighted by Gasteiger charge is 2.17. The summed E-state index contributed by atoms with van der Waals surface area (Å²) in [5, 5.41) is 2.69. The molecule has 1 aromatic carbocycles. The molecule has 27 heavy (non-hydrogen) atoms. The maximum atomic E-state index is 11.5. The largest absolute Gasteiger partial charge is 0.493 e. The summed E-state index contributed by atoms with van der Waals surface area (Å²) in [6.45, 7) is 7.08. The first-order chi connectivity index (χ1) is 12.5. The van der Waals surface area contributed by atoms with Gasteiger partial charge in [-0.05, 0) is 43.4 Å². The highest BCUT2D eigenvalue weighted by atomic mass is 127. The van der Waals surface area contributed by atoms with Gasteiger partial charge in [0, 0.05) is 19.6 Å². The summed E-state index contributed by atoms with van der Waals surface area (Å²) in [6, 6.07) is 5.56. The predicted molar refractivity (Wildman–Crippen MR) is 118 cm³/mol. The highest BCUT2D eigenvalue weighted by Crippen LogP contribution is 2.28. The highest BCUT2D eigenvalue weighted by molar-refractivity contribution is 14.0. The number of halogens is 1. The number of hydrogen-bond acceptors (Lipinski definition) is 4. The Morgan fingerprint density at radius 3 is 2.67 bits per heavy atom. The number of ether oxygens (including phenoxy) is 2. The molecular weight excluding hydrogens is 459 g/mol. The number of rotatable bonds is 7. The van der Waals surface area contributed by atoms with E-state index in [2.05, 4.69) is 22.1 Å². The van der Waals surface area contributed by atoms with E-state index in [-0.39, 0.29) is 36.5 Å². The molecule has 1 aliphatic heterocycles. The molecule has 3 N–H and O–H groups in total. The molecule has 1 fully saturated rings. The zero-order chi connectivity index (χ0) is 18.9. The number of nitrogens with zero attached hydrogens (tertiary/aromatic N) is 2. The van der Waals surface area contributed by atoms with E-state index < -0.39 is 0 Å². The fourth-order valence-electron chi connectivity index (χ4n) is 2.83. The standard InChI is InChI=1S/C19H30N4O3.HI/c1-4-21-18(24)13-26-16-6-5-15(11-17(16)25-3)12-22-19(20)23-9-7-14(2)8-10-23;/h5-6,11,14H,4,7-10,12-13H2,1-3H3,(H2,20,22)(H,21,24);1H. The van der Waals surface area contributed by atoms with Gasteiger partial charge in [0.1, 0.15) is 0 Å². The summed E-state index contributed by atoms with van der Waals surface area (Å²) < 4.78 is 10.9. The Bertz CT molecular complexity index is 631. The van der Waals surface area contributed by atoms with Crippen LogP contribution in [0.15, 0.2) is 23.2 Å². The van der Waals surface area contributed by atoms with E-state index in [0.717, 1.165) is 37.4 Å². The lowest BCUT2D eigenvalue weighted by Crippen LogP contribution is -2.42. The van der Waals surface area contributed by atoms with Gasteiger partial charge in [-0.15, -0.1) is 24.0 Å². The molecule has 1 heterocycles. The zero-order valence-electron chi connectivity index (χ0n) is 16.4. The average Bonchev–Trinajstić information content (AvgIpc) is 2.65. The molecule has 0 spiro atoms. The number of piperidine rings is 1. The van der Waals surface area contributed by atoms with Crippen LogP contribution in [0.1, 0.15) is 32.3 Å². The number of amides is 1. The van der Waals surface area contributed by atoms with E-state index in [1.165, 1.54) is 0 Å². The molecule has 152 valence electrons. The van der Waals surface area contributed by atoms with Crippen molar-refractivity contribution in [1.82, 2.24) is 10.2 Å². The number of carbonyl (C=O) groups excluding carboxylic acids is 1. The third kappa shape index (κ3) is 7.43. The number of guanidine groups is 1. The van der Waals surface area contributed by atoms with Gasteiger partial charge >= 0.3 is 0 Å². The Morgan fingerprint density at radius 2 is 2.04 bits per heavy atom. The van der Waals surface area contributed by atoms with Crippen LogP contribution in [0.5, 0.6) is 11.5 Å². The van der Waals surface area contributed by atoms with E-state index in [1.54, 1.807) is 13.2 Å². The molecule has 1 saturated heterocycles. The number of likely N-dealkylation sites (tertiary alicyclic amines) is 1. The number of nitrogens with one attached hydrogen (secondary N) is 1. The monoisotopic (exact) mass is 490 g/mol. The van der Waals surface area contributed by atoms with Crippen LogP contribution in [0.4, 0.5) is 0 Å². The van der Waals surface area contributed by atoms with Gasteiger partial charge in [-0.2, -0.15) is 0 Å². The van der Waals surface area contributed by atoms with E-state index in [0.29, 0.717) is 30.5 Å². The first-order valence-corrected chi connectivity index (χ1v) is 9.14. The van der Waals surface area contributed by atoms with E-state index in [1.807, 2.05) is 19.1 Å². The van der Waals surface area contributed by atoms with Crippen LogP contribution in [0.3, 0.4) is 0 Å². The Kier molecular flexibility index (Phi) is 10.3. The number of carbonyl (C=O) groups is 1. The Balaban J connectivity index is 0.00000364. The van der Waals surface area contributed by atoms with Crippen molar-refractivity contribution < 1.29 is 14.3 Å². The van der Waals surface area contributed by atoms with Crippen LogP contribution in [0.25, 0.3) is 0 Å². The SMILES string of the molecule is CCNC(=O)COc1ccc(CN=C(N)N2CCC(C)CC2)cc1OC.I. The molecule has 0 unspecified atom stereocenters. The number of hydrogen-bond donors (Lipinski definition) is 2. The van der Waals surface area contributed by atoms with E-state index >= 15 is 0 Å². The maximum Gasteiger partial charge on any atom is 0.257 e. The van der Waals surface area contributed by atoms with E-state index in [9.17, 15) is 4.79 Å². The van der Waals surface area contributed by atoms with Gasteiger partial charge in [0.15, 0.2) is 24.1 Å². The normalized spacial score (nSPS) is 15.1. The zero-order valence-corrected chi connectivity index (χ0v) is 18.7. The third-order valence-corrected chi connectivity index (χ3v) is 4.49. The van der Waals surface area contributed by atoms with Crippen LogP contribution in [0.2, 0.25) is 0 Å². The van der Waals surface area contributed by atoms with Gasteiger partial charge in [-0.1, -0.05) is 13.0 Å². The number of methoxy groups -OCH3 is 1. The van der Waals surface area contributed by atoms with Crippen molar-refractivity contribution in [2.24, 2.45) is 16.6 Å². The molecule has 1 aliphatic rings. The minimum atomic E-state index is -0.160. The minimum absolute atomic E-state index is 0. The van der Waals surface area contributed by atoms with Crippen molar-refractivity contribution in [3.63, 3.8) is 0 Å². The molecule has 0 radical (unpaired) electrons. The summed E-state index contributed by atoms with van der Waals surface area (Å²) in [5.41, 5.74) is 7.10. The van der Waals surface area contributed by atoms with Gasteiger partial charge in [-0.25, -0.2) is 4.99 Å². The van der Waals surface area contributed by atoms with Crippen molar-refractivity contribution in [1.29, 1.82) is 0 Å². The molecule has 0 aromatic heterocycles. The Labute approximate surface area is 178 Å². The molecule has 0 atom stereocenters. The smallest absolute Gasteiger partial charge is 0.257 e. The summed E-state index contributed by atoms with van der Waals surface area (Å²) in [5.74, 6) is 2.30. The van der Waals surface area contributed by atoms with Crippen molar-refractivity contribution in [3.05, 3.63) is 23.8 Å². The van der Waals surface area contributed by atoms with Crippen molar-refractivity contribution >= 4 is 35.8 Å². The topological polar surface area (TPSA) is 89.2 Å². The number of likely N-dealkylation sites (N-methyl/N-ethyl adjacent to an activating group) is 1. The number of aliphatic imine (C=N–C) groups is 1. The molecule has 0 aliphatic carbocycles. The van der Waals surface area contributed by atoms with Crippen LogP contribution >= 0.6 is 24.0 Å². The molecule has 8 heteroatoms. The van der Waals surface area contributed by atoms with Crippen LogP contribution < -0.4 is 20.5 Å². The first-order valence-electron chi connectivity index (χ1n) is 9.14. The molecule has 0 saturated carbocycles. The second-order valence-corrected chi connectivity index (χ2v) is 6.57. The van der Waals surface area contributed by atoms with Gasteiger partial charge in [-0.3, -0.25) is 4.79 Å². The fourth-order valence-corrected chi connectivity index (χ4v) is 2.83.